The summed E-state index contributed by atoms with van der Waals surface area (Å²) in [6.07, 6.45) is 0.749. The Morgan fingerprint density at radius 1 is 1.21 bits per heavy atom. The molecule has 0 unspecified atom stereocenters. The van der Waals surface area contributed by atoms with Gasteiger partial charge in [-0.3, -0.25) is 4.79 Å². The highest BCUT2D eigenvalue weighted by molar-refractivity contribution is 5.80. The van der Waals surface area contributed by atoms with E-state index in [0.29, 0.717) is 11.3 Å². The van der Waals surface area contributed by atoms with E-state index in [2.05, 4.69) is 0 Å². The molecule has 0 aliphatic carbocycles. The van der Waals surface area contributed by atoms with Crippen LogP contribution in [0.15, 0.2) is 24.3 Å². The van der Waals surface area contributed by atoms with E-state index in [-0.39, 0.29) is 17.8 Å². The Morgan fingerprint density at radius 2 is 1.82 bits per heavy atom. The molecular weight excluding hydrogens is 366 g/mol. The number of carboxylic acid groups (broad SMARTS) is 1. The lowest BCUT2D eigenvalue weighted by Gasteiger charge is -2.21. The Morgan fingerprint density at radius 3 is 2.39 bits per heavy atom. The van der Waals surface area contributed by atoms with E-state index < -0.39 is 28.8 Å². The van der Waals surface area contributed by atoms with Crippen molar-refractivity contribution in [2.45, 2.75) is 58.7 Å². The zero-order valence-electron chi connectivity index (χ0n) is 16.7. The maximum Gasteiger partial charge on any atom is 0.313 e. The van der Waals surface area contributed by atoms with Gasteiger partial charge in [0.25, 0.3) is 0 Å². The second kappa shape index (κ2) is 6.76. The van der Waals surface area contributed by atoms with Crippen LogP contribution in [0.5, 0.6) is 11.5 Å². The van der Waals surface area contributed by atoms with Crippen LogP contribution in [-0.4, -0.2) is 16.7 Å². The quantitative estimate of drug-likeness (QED) is 0.787. The summed E-state index contributed by atoms with van der Waals surface area (Å²) in [5, 5.41) is 9.27. The number of ether oxygens (including phenoxy) is 2. The minimum Gasteiger partial charge on any atom is -0.487 e. The van der Waals surface area contributed by atoms with E-state index in [1.165, 1.54) is 13.8 Å². The molecule has 0 saturated heterocycles. The van der Waals surface area contributed by atoms with E-state index in [1.807, 2.05) is 32.9 Å². The molecular formula is C22H24F2O4. The van der Waals surface area contributed by atoms with E-state index in [0.717, 1.165) is 29.7 Å². The molecule has 28 heavy (non-hydrogen) atoms. The van der Waals surface area contributed by atoms with Crippen LogP contribution in [-0.2, 0) is 23.2 Å². The van der Waals surface area contributed by atoms with Gasteiger partial charge in [0.05, 0.1) is 5.41 Å². The van der Waals surface area contributed by atoms with Gasteiger partial charge in [-0.05, 0) is 63.9 Å². The molecule has 0 fully saturated rings. The van der Waals surface area contributed by atoms with Gasteiger partial charge < -0.3 is 14.6 Å². The minimum atomic E-state index is -1.42. The Hall–Kier alpha value is -2.63. The van der Waals surface area contributed by atoms with Gasteiger partial charge in [0.2, 0.25) is 0 Å². The van der Waals surface area contributed by atoms with Crippen molar-refractivity contribution in [2.75, 3.05) is 0 Å². The predicted molar refractivity (Wildman–Crippen MR) is 101 cm³/mol. The van der Waals surface area contributed by atoms with Crippen LogP contribution in [0.2, 0.25) is 0 Å². The Balaban J connectivity index is 1.88. The maximum atomic E-state index is 14.5. The van der Waals surface area contributed by atoms with Crippen LogP contribution in [0.25, 0.3) is 0 Å². The van der Waals surface area contributed by atoms with Gasteiger partial charge in [-0.15, -0.1) is 0 Å². The first-order chi connectivity index (χ1) is 12.9. The summed E-state index contributed by atoms with van der Waals surface area (Å²) < 4.78 is 40.4. The Labute approximate surface area is 163 Å². The van der Waals surface area contributed by atoms with E-state index in [4.69, 9.17) is 9.47 Å². The molecule has 0 radical (unpaired) electrons. The van der Waals surface area contributed by atoms with Crippen LogP contribution in [0.3, 0.4) is 0 Å². The fourth-order valence-electron chi connectivity index (χ4n) is 3.40. The smallest absolute Gasteiger partial charge is 0.313 e. The van der Waals surface area contributed by atoms with Crippen molar-refractivity contribution in [3.05, 3.63) is 58.2 Å². The average molecular weight is 390 g/mol. The van der Waals surface area contributed by atoms with Crippen LogP contribution in [0.4, 0.5) is 8.78 Å². The van der Waals surface area contributed by atoms with Gasteiger partial charge in [0.1, 0.15) is 18.0 Å². The van der Waals surface area contributed by atoms with Crippen LogP contribution >= 0.6 is 0 Å². The third-order valence-electron chi connectivity index (χ3n) is 5.01. The number of fused-ring (bicyclic) bond motifs is 1. The van der Waals surface area contributed by atoms with Crippen molar-refractivity contribution in [1.29, 1.82) is 0 Å². The number of benzene rings is 2. The summed E-state index contributed by atoms with van der Waals surface area (Å²) >= 11 is 0. The summed E-state index contributed by atoms with van der Waals surface area (Å²) in [7, 11) is 0. The van der Waals surface area contributed by atoms with Gasteiger partial charge >= 0.3 is 5.97 Å². The number of hydrogen-bond acceptors (Lipinski definition) is 3. The number of carbonyl (C=O) groups is 1. The van der Waals surface area contributed by atoms with E-state index in [9.17, 15) is 18.7 Å². The molecule has 4 nitrogen and oxygen atoms in total. The molecule has 2 aromatic rings. The zero-order chi connectivity index (χ0) is 20.9. The third kappa shape index (κ3) is 3.68. The lowest BCUT2D eigenvalue weighted by atomic mass is 9.84. The van der Waals surface area contributed by atoms with Crippen molar-refractivity contribution < 1.29 is 28.2 Å². The largest absolute Gasteiger partial charge is 0.487 e. The van der Waals surface area contributed by atoms with Crippen molar-refractivity contribution in [1.82, 2.24) is 0 Å². The number of hydrogen-bond donors (Lipinski definition) is 1. The fraction of sp³-hybridized carbons (Fsp3) is 0.409. The van der Waals surface area contributed by atoms with Crippen molar-refractivity contribution in [3.63, 3.8) is 0 Å². The molecule has 0 saturated carbocycles. The van der Waals surface area contributed by atoms with Gasteiger partial charge in [-0.2, -0.15) is 0 Å². The van der Waals surface area contributed by atoms with Crippen LogP contribution in [0, 0.1) is 18.6 Å². The van der Waals surface area contributed by atoms with Gasteiger partial charge in [-0.25, -0.2) is 8.78 Å². The molecule has 0 spiro atoms. The zero-order valence-corrected chi connectivity index (χ0v) is 16.7. The number of aliphatic carboxylic acids is 1. The van der Waals surface area contributed by atoms with Crippen molar-refractivity contribution >= 4 is 5.97 Å². The summed E-state index contributed by atoms with van der Waals surface area (Å²) in [5.74, 6) is -2.88. The summed E-state index contributed by atoms with van der Waals surface area (Å²) in [6.45, 7) is 8.62. The van der Waals surface area contributed by atoms with Crippen LogP contribution in [0.1, 0.15) is 49.9 Å². The van der Waals surface area contributed by atoms with Gasteiger partial charge in [0.15, 0.2) is 17.4 Å². The van der Waals surface area contributed by atoms with E-state index in [1.54, 1.807) is 0 Å². The van der Waals surface area contributed by atoms with Gasteiger partial charge in [0, 0.05) is 12.0 Å². The summed E-state index contributed by atoms with van der Waals surface area (Å²) in [5.41, 5.74) is 1.04. The van der Waals surface area contributed by atoms with Gasteiger partial charge in [-0.1, -0.05) is 11.6 Å². The molecule has 2 aromatic carbocycles. The number of rotatable bonds is 5. The highest BCUT2D eigenvalue weighted by Crippen LogP contribution is 2.39. The normalized spacial score (nSPS) is 15.1. The third-order valence-corrected chi connectivity index (χ3v) is 5.01. The molecule has 150 valence electrons. The lowest BCUT2D eigenvalue weighted by Crippen LogP contribution is -2.28. The molecule has 0 aromatic heterocycles. The number of carboxylic acids is 1. The first-order valence-corrected chi connectivity index (χ1v) is 9.08. The van der Waals surface area contributed by atoms with E-state index >= 15 is 0 Å². The van der Waals surface area contributed by atoms with Crippen molar-refractivity contribution in [3.8, 4) is 11.5 Å². The molecule has 1 heterocycles. The highest BCUT2D eigenvalue weighted by atomic mass is 19.1. The monoisotopic (exact) mass is 390 g/mol. The Bertz CT molecular complexity index is 925. The molecule has 0 amide bonds. The second-order valence-electron chi connectivity index (χ2n) is 8.44. The topological polar surface area (TPSA) is 55.8 Å². The Kier molecular flexibility index (Phi) is 4.86. The van der Waals surface area contributed by atoms with Crippen molar-refractivity contribution in [2.24, 2.45) is 0 Å². The predicted octanol–water partition coefficient (Wildman–Crippen LogP) is 4.93. The maximum absolute atomic E-state index is 14.5. The first-order valence-electron chi connectivity index (χ1n) is 9.08. The second-order valence-corrected chi connectivity index (χ2v) is 8.44. The molecule has 1 aliphatic heterocycles. The number of aryl methyl sites for hydroxylation is 1. The molecule has 0 bridgehead atoms. The first kappa shape index (κ1) is 20.1. The molecule has 0 atom stereocenters. The van der Waals surface area contributed by atoms with Crippen LogP contribution < -0.4 is 9.47 Å². The molecule has 1 N–H and O–H groups in total. The lowest BCUT2D eigenvalue weighted by molar-refractivity contribution is -0.142. The SMILES string of the molecule is Cc1cc(COc2c(F)cc(C(C)(C)C(=O)O)cc2F)c2c(c1)CC(C)(C)O2. The summed E-state index contributed by atoms with van der Waals surface area (Å²) in [4.78, 5) is 11.3. The highest BCUT2D eigenvalue weighted by Gasteiger charge is 2.33. The molecule has 3 rings (SSSR count). The molecule has 6 heteroatoms. The standard InChI is InChI=1S/C22H24F2O4/c1-12-6-13-10-21(2,3)28-18(13)14(7-12)11-27-19-16(23)8-15(9-17(19)24)22(4,5)20(25)26/h6-9H,10-11H2,1-5H3,(H,25,26). The minimum absolute atomic E-state index is 0.0314. The summed E-state index contributed by atoms with van der Waals surface area (Å²) in [6, 6.07) is 5.93. The molecule has 1 aliphatic rings. The average Bonchev–Trinajstić information content (AvgIpc) is 2.87. The number of halogens is 2. The fourth-order valence-corrected chi connectivity index (χ4v) is 3.40.